The van der Waals surface area contributed by atoms with E-state index >= 15 is 0 Å². The number of phosphoric ester groups is 3. The van der Waals surface area contributed by atoms with Crippen molar-refractivity contribution in [1.82, 2.24) is 30.2 Å². The predicted molar refractivity (Wildman–Crippen MR) is 182 cm³/mol. The van der Waals surface area contributed by atoms with E-state index in [-0.39, 0.29) is 48.8 Å². The van der Waals surface area contributed by atoms with Gasteiger partial charge in [-0.2, -0.15) is 4.31 Å². The average Bonchev–Trinajstić information content (AvgIpc) is 3.64. The highest BCUT2D eigenvalue weighted by Gasteiger charge is 2.50. The Balaban J connectivity index is 1.51. The fourth-order valence-corrected chi connectivity index (χ4v) is 8.00. The van der Waals surface area contributed by atoms with Gasteiger partial charge in [-0.25, -0.2) is 28.6 Å². The maximum absolute atomic E-state index is 12.6. The number of rotatable bonds is 21. The minimum Gasteiger partial charge on any atom is -0.386 e. The molecule has 3 rings (SSSR count). The number of aromatic nitrogens is 4. The molecule has 0 radical (unpaired) electrons. The number of aliphatic hydroxyl groups excluding tert-OH is 3. The Kier molecular flexibility index (Phi) is 16.2. The molecule has 306 valence electrons. The van der Waals surface area contributed by atoms with Crippen molar-refractivity contribution >= 4 is 69.1 Å². The van der Waals surface area contributed by atoms with E-state index in [4.69, 9.17) is 25.3 Å². The minimum atomic E-state index is -5.58. The molecule has 0 saturated carbocycles. The lowest BCUT2D eigenvalue weighted by Gasteiger charge is -2.30. The van der Waals surface area contributed by atoms with Gasteiger partial charge in [-0.3, -0.25) is 32.5 Å². The van der Waals surface area contributed by atoms with E-state index in [2.05, 4.69) is 34.4 Å². The summed E-state index contributed by atoms with van der Waals surface area (Å²) in [5.74, 6) is -1.42. The van der Waals surface area contributed by atoms with Gasteiger partial charge in [0, 0.05) is 37.2 Å². The quantitative estimate of drug-likeness (QED) is 0.0440. The number of ether oxygens (including phenoxy) is 1. The number of thioether (sulfide) groups is 1. The molecule has 0 aromatic carbocycles. The number of nitrogens with two attached hydrogens (primary N) is 2. The highest BCUT2D eigenvalue weighted by molar-refractivity contribution is 8.13. The largest absolute Gasteiger partial charge is 0.481 e. The van der Waals surface area contributed by atoms with E-state index in [1.807, 2.05) is 0 Å². The van der Waals surface area contributed by atoms with Crippen molar-refractivity contribution in [3.8, 4) is 0 Å². The van der Waals surface area contributed by atoms with Crippen molar-refractivity contribution in [3.63, 3.8) is 0 Å². The molecule has 2 aromatic rings. The third kappa shape index (κ3) is 13.3. The number of imidazole rings is 1. The second-order valence-electron chi connectivity index (χ2n) is 12.0. The van der Waals surface area contributed by atoms with Crippen LogP contribution in [0.25, 0.3) is 11.2 Å². The van der Waals surface area contributed by atoms with Gasteiger partial charge in [-0.05, 0) is 0 Å². The van der Waals surface area contributed by atoms with Gasteiger partial charge in [-0.15, -0.1) is 0 Å². The number of fused-ring (bicyclic) bond motifs is 1. The summed E-state index contributed by atoms with van der Waals surface area (Å²) in [5.41, 5.74) is 9.40. The number of hydrogen-bond acceptors (Lipinski definition) is 20. The third-order valence-corrected chi connectivity index (χ3v) is 11.3. The maximum atomic E-state index is 12.6. The second kappa shape index (κ2) is 19.1. The standard InChI is InChI=1S/C24H41N8O18P3S/c1-24(2,18(36)21(37)28-4-3-14(34)27-5-6-54-23(38)12(33)7-25)9-47-53(44,45)50-52(42,43)46-8-13-17(49-51(39,40)41)16(35)22(48-13)32-11-31-15-19(26)29-10-30-20(15)32/h10-13,16-18,22,33,35-36H,3-9,25H2,1-2H3,(H,27,34)(H,28,37)(H,42,43)(H,44,45)(H2,26,29,30)(H2,39,40,41)/t12?,13-,16-,17-,18+,22-/m1/s1. The number of carbonyl (C=O) groups is 3. The van der Waals surface area contributed by atoms with Crippen molar-refractivity contribution in [1.29, 1.82) is 0 Å². The van der Waals surface area contributed by atoms with Crippen LogP contribution in [0.3, 0.4) is 0 Å². The third-order valence-electron chi connectivity index (χ3n) is 7.24. The summed E-state index contributed by atoms with van der Waals surface area (Å²) in [5, 5.41) is 34.9. The van der Waals surface area contributed by atoms with Crippen molar-refractivity contribution in [2.75, 3.05) is 44.3 Å². The van der Waals surface area contributed by atoms with E-state index in [1.165, 1.54) is 13.8 Å². The van der Waals surface area contributed by atoms with E-state index in [9.17, 15) is 63.0 Å². The molecule has 13 N–H and O–H groups in total. The van der Waals surface area contributed by atoms with Crippen LogP contribution in [0.2, 0.25) is 0 Å². The molecule has 0 bridgehead atoms. The Labute approximate surface area is 309 Å². The summed E-state index contributed by atoms with van der Waals surface area (Å²) in [6.45, 7) is -0.00901. The zero-order valence-electron chi connectivity index (χ0n) is 28.4. The van der Waals surface area contributed by atoms with Crippen molar-refractivity contribution in [2.24, 2.45) is 11.1 Å². The lowest BCUT2D eigenvalue weighted by atomic mass is 9.87. The SMILES string of the molecule is CC(C)(COP(=O)(O)OP(=O)(O)OC[C@H]1O[C@@H](n2cnc3c(N)ncnc32)[C@H](O)[C@@H]1OP(=O)(O)O)[C@@H](O)C(=O)NCCC(=O)NCCSC(=O)C(O)CN. The number of nitrogen functional groups attached to an aromatic ring is 1. The first-order valence-corrected chi connectivity index (χ1v) is 20.9. The Morgan fingerprint density at radius 1 is 1.06 bits per heavy atom. The lowest BCUT2D eigenvalue weighted by molar-refractivity contribution is -0.137. The van der Waals surface area contributed by atoms with E-state index in [1.54, 1.807) is 0 Å². The smallest absolute Gasteiger partial charge is 0.386 e. The molecular weight excluding hydrogens is 813 g/mol. The molecule has 8 atom stereocenters. The zero-order valence-corrected chi connectivity index (χ0v) is 31.9. The highest BCUT2D eigenvalue weighted by atomic mass is 32.2. The highest BCUT2D eigenvalue weighted by Crippen LogP contribution is 2.61. The first-order valence-electron chi connectivity index (χ1n) is 15.4. The van der Waals surface area contributed by atoms with Gasteiger partial charge in [0.25, 0.3) is 0 Å². The van der Waals surface area contributed by atoms with Crippen LogP contribution in [-0.2, 0) is 50.7 Å². The average molecular weight is 855 g/mol. The van der Waals surface area contributed by atoms with Gasteiger partial charge in [0.05, 0.1) is 19.5 Å². The Hall–Kier alpha value is -2.52. The molecule has 1 aliphatic heterocycles. The van der Waals surface area contributed by atoms with Crippen LogP contribution in [0, 0.1) is 5.41 Å². The van der Waals surface area contributed by atoms with Gasteiger partial charge in [0.15, 0.2) is 17.7 Å². The summed E-state index contributed by atoms with van der Waals surface area (Å²) < 4.78 is 61.9. The fraction of sp³-hybridized carbons (Fsp3) is 0.667. The molecule has 3 heterocycles. The van der Waals surface area contributed by atoms with Crippen LogP contribution in [0.15, 0.2) is 12.7 Å². The van der Waals surface area contributed by atoms with E-state index in [0.29, 0.717) is 0 Å². The Morgan fingerprint density at radius 3 is 2.37 bits per heavy atom. The number of nitrogens with zero attached hydrogens (tertiary/aromatic N) is 4. The second-order valence-corrected chi connectivity index (χ2v) is 17.3. The molecule has 0 aliphatic carbocycles. The number of anilines is 1. The van der Waals surface area contributed by atoms with Crippen LogP contribution < -0.4 is 22.1 Å². The van der Waals surface area contributed by atoms with Crippen LogP contribution in [0.1, 0.15) is 26.5 Å². The number of amides is 2. The Bertz CT molecular complexity index is 1780. The molecular formula is C24H41N8O18P3S. The van der Waals surface area contributed by atoms with Crippen LogP contribution >= 0.6 is 35.2 Å². The van der Waals surface area contributed by atoms with Crippen LogP contribution in [0.4, 0.5) is 5.82 Å². The molecule has 54 heavy (non-hydrogen) atoms. The molecule has 1 saturated heterocycles. The summed E-state index contributed by atoms with van der Waals surface area (Å²) in [4.78, 5) is 86.8. The zero-order chi connectivity index (χ0) is 40.6. The lowest BCUT2D eigenvalue weighted by Crippen LogP contribution is -2.46. The Morgan fingerprint density at radius 2 is 1.72 bits per heavy atom. The topological polar surface area (TPSA) is 410 Å². The minimum absolute atomic E-state index is 0.0227. The molecule has 30 heteroatoms. The summed E-state index contributed by atoms with van der Waals surface area (Å²) in [7, 11) is -16.4. The number of nitrogens with one attached hydrogen (secondary N) is 2. The van der Waals surface area contributed by atoms with Gasteiger partial charge < -0.3 is 61.7 Å². The first-order chi connectivity index (χ1) is 25.0. The fourth-order valence-electron chi connectivity index (χ4n) is 4.47. The number of carbonyl (C=O) groups excluding carboxylic acids is 3. The molecule has 3 unspecified atom stereocenters. The molecule has 2 amide bonds. The number of aliphatic hydroxyl groups is 3. The van der Waals surface area contributed by atoms with Gasteiger partial charge in [-0.1, -0.05) is 25.6 Å². The number of hydrogen-bond donors (Lipinski definition) is 11. The van der Waals surface area contributed by atoms with E-state index in [0.717, 1.165) is 29.0 Å². The first kappa shape index (κ1) is 45.9. The molecule has 0 spiro atoms. The van der Waals surface area contributed by atoms with Crippen molar-refractivity contribution in [2.45, 2.75) is 57.0 Å². The maximum Gasteiger partial charge on any atom is 0.481 e. The van der Waals surface area contributed by atoms with Gasteiger partial charge in [0.1, 0.15) is 42.4 Å². The summed E-state index contributed by atoms with van der Waals surface area (Å²) >= 11 is 0.773. The van der Waals surface area contributed by atoms with Crippen molar-refractivity contribution < 1.29 is 85.6 Å². The molecule has 1 aliphatic rings. The van der Waals surface area contributed by atoms with Gasteiger partial charge in [0.2, 0.25) is 16.9 Å². The number of phosphoric acid groups is 3. The van der Waals surface area contributed by atoms with Crippen LogP contribution in [-0.4, -0.2) is 140 Å². The molecule has 2 aromatic heterocycles. The van der Waals surface area contributed by atoms with Gasteiger partial charge >= 0.3 is 23.5 Å². The monoisotopic (exact) mass is 854 g/mol. The predicted octanol–water partition coefficient (Wildman–Crippen LogP) is -3.02. The normalized spacial score (nSPS) is 22.6. The van der Waals surface area contributed by atoms with Crippen LogP contribution in [0.5, 0.6) is 0 Å². The van der Waals surface area contributed by atoms with E-state index < -0.39 is 95.8 Å². The summed E-state index contributed by atoms with van der Waals surface area (Å²) in [6, 6.07) is 0. The summed E-state index contributed by atoms with van der Waals surface area (Å²) in [6.07, 6.45) is -8.37. The van der Waals surface area contributed by atoms with Crippen molar-refractivity contribution in [3.05, 3.63) is 12.7 Å². The molecule has 1 fully saturated rings. The molecule has 26 nitrogen and oxygen atoms in total.